The average molecular weight is 324 g/mol. The molecule has 1 heterocycles. The summed E-state index contributed by atoms with van der Waals surface area (Å²) in [5.41, 5.74) is 2.61. The summed E-state index contributed by atoms with van der Waals surface area (Å²) in [6, 6.07) is 3.13. The zero-order chi connectivity index (χ0) is 15.6. The zero-order valence-corrected chi connectivity index (χ0v) is 13.5. The van der Waals surface area contributed by atoms with Gasteiger partial charge in [-0.25, -0.2) is 12.8 Å². The Labute approximate surface area is 130 Å². The fourth-order valence-corrected chi connectivity index (χ4v) is 4.73. The Morgan fingerprint density at radius 1 is 1.14 bits per heavy atom. The standard InChI is InChI=1S/C16H21FN2O2S/c1-22(20,21)19-14-8-11-13(9-12(14)17)18-10-16(11)6-4-15(2-3-15)5-7-16/h8-9,18-19H,2-7,10H2,1H3. The maximum Gasteiger partial charge on any atom is 0.229 e. The number of halogens is 1. The van der Waals surface area contributed by atoms with Crippen molar-refractivity contribution in [2.75, 3.05) is 22.8 Å². The fraction of sp³-hybridized carbons (Fsp3) is 0.625. The normalized spacial score (nSPS) is 24.1. The summed E-state index contributed by atoms with van der Waals surface area (Å²) < 4.78 is 39.2. The highest BCUT2D eigenvalue weighted by Crippen LogP contribution is 2.61. The van der Waals surface area contributed by atoms with Crippen LogP contribution in [0.1, 0.15) is 44.1 Å². The number of rotatable bonds is 2. The van der Waals surface area contributed by atoms with Crippen molar-refractivity contribution in [2.24, 2.45) is 5.41 Å². The lowest BCUT2D eigenvalue weighted by atomic mass is 9.66. The van der Waals surface area contributed by atoms with Crippen molar-refractivity contribution in [3.63, 3.8) is 0 Å². The molecule has 1 aliphatic heterocycles. The molecule has 120 valence electrons. The number of benzene rings is 1. The molecule has 6 heteroatoms. The lowest BCUT2D eigenvalue weighted by Gasteiger charge is -2.37. The van der Waals surface area contributed by atoms with Crippen LogP contribution in [0, 0.1) is 11.2 Å². The summed E-state index contributed by atoms with van der Waals surface area (Å²) in [6.45, 7) is 0.834. The maximum atomic E-state index is 14.1. The van der Waals surface area contributed by atoms with Gasteiger partial charge in [0.15, 0.2) is 0 Å². The first-order valence-corrected chi connectivity index (χ1v) is 9.76. The lowest BCUT2D eigenvalue weighted by Crippen LogP contribution is -2.34. The van der Waals surface area contributed by atoms with Crippen LogP contribution < -0.4 is 10.0 Å². The molecule has 0 aromatic heterocycles. The van der Waals surface area contributed by atoms with Gasteiger partial charge in [0.05, 0.1) is 11.9 Å². The minimum atomic E-state index is -3.48. The predicted molar refractivity (Wildman–Crippen MR) is 85.2 cm³/mol. The number of hydrogen-bond donors (Lipinski definition) is 2. The number of sulfonamides is 1. The van der Waals surface area contributed by atoms with Gasteiger partial charge in [0.2, 0.25) is 10.0 Å². The van der Waals surface area contributed by atoms with E-state index < -0.39 is 15.8 Å². The van der Waals surface area contributed by atoms with Crippen molar-refractivity contribution >= 4 is 21.4 Å². The van der Waals surface area contributed by atoms with Crippen molar-refractivity contribution in [3.8, 4) is 0 Å². The topological polar surface area (TPSA) is 58.2 Å². The first-order chi connectivity index (χ1) is 10.3. The molecule has 4 rings (SSSR count). The maximum absolute atomic E-state index is 14.1. The van der Waals surface area contributed by atoms with Crippen LogP contribution in [-0.2, 0) is 15.4 Å². The van der Waals surface area contributed by atoms with Crippen molar-refractivity contribution < 1.29 is 12.8 Å². The second kappa shape index (κ2) is 4.37. The Bertz CT molecular complexity index is 731. The molecule has 2 spiro atoms. The molecule has 3 aliphatic rings. The van der Waals surface area contributed by atoms with Crippen molar-refractivity contribution in [3.05, 3.63) is 23.5 Å². The third kappa shape index (κ3) is 2.28. The van der Waals surface area contributed by atoms with Crippen LogP contribution >= 0.6 is 0 Å². The third-order valence-electron chi connectivity index (χ3n) is 5.82. The highest BCUT2D eigenvalue weighted by Gasteiger charge is 2.51. The minimum Gasteiger partial charge on any atom is -0.384 e. The fourth-order valence-electron chi connectivity index (χ4n) is 4.18. The molecule has 2 N–H and O–H groups in total. The van der Waals surface area contributed by atoms with E-state index in [-0.39, 0.29) is 11.1 Å². The van der Waals surface area contributed by atoms with Gasteiger partial charge >= 0.3 is 0 Å². The van der Waals surface area contributed by atoms with Gasteiger partial charge in [-0.3, -0.25) is 4.72 Å². The Balaban J connectivity index is 1.70. The summed E-state index contributed by atoms with van der Waals surface area (Å²) in [4.78, 5) is 0. The van der Waals surface area contributed by atoms with Crippen LogP contribution in [0.3, 0.4) is 0 Å². The van der Waals surface area contributed by atoms with E-state index in [1.807, 2.05) is 0 Å². The van der Waals surface area contributed by atoms with Crippen molar-refractivity contribution in [1.29, 1.82) is 0 Å². The van der Waals surface area contributed by atoms with Gasteiger partial charge in [0.1, 0.15) is 5.82 Å². The SMILES string of the molecule is CS(=O)(=O)Nc1cc2c(cc1F)NCC21CCC2(CC2)CC1. The Morgan fingerprint density at radius 2 is 1.77 bits per heavy atom. The molecule has 0 radical (unpaired) electrons. The molecule has 0 unspecified atom stereocenters. The van der Waals surface area contributed by atoms with Gasteiger partial charge in [-0.1, -0.05) is 0 Å². The van der Waals surface area contributed by atoms with E-state index in [9.17, 15) is 12.8 Å². The van der Waals surface area contributed by atoms with E-state index >= 15 is 0 Å². The lowest BCUT2D eigenvalue weighted by molar-refractivity contribution is 0.231. The largest absolute Gasteiger partial charge is 0.384 e. The van der Waals surface area contributed by atoms with E-state index in [0.717, 1.165) is 36.9 Å². The van der Waals surface area contributed by atoms with Gasteiger partial charge in [-0.15, -0.1) is 0 Å². The van der Waals surface area contributed by atoms with Crippen LogP contribution in [0.2, 0.25) is 0 Å². The van der Waals surface area contributed by atoms with E-state index in [1.54, 1.807) is 6.07 Å². The highest BCUT2D eigenvalue weighted by molar-refractivity contribution is 7.92. The van der Waals surface area contributed by atoms with Gasteiger partial charge in [0.25, 0.3) is 0 Å². The summed E-state index contributed by atoms with van der Waals surface area (Å²) in [6.07, 6.45) is 8.45. The van der Waals surface area contributed by atoms with E-state index in [4.69, 9.17) is 0 Å². The smallest absolute Gasteiger partial charge is 0.229 e. The van der Waals surface area contributed by atoms with Crippen LogP contribution in [0.15, 0.2) is 12.1 Å². The van der Waals surface area contributed by atoms with Crippen LogP contribution in [0.4, 0.5) is 15.8 Å². The zero-order valence-electron chi connectivity index (χ0n) is 12.7. The summed E-state index contributed by atoms with van der Waals surface area (Å²) in [5.74, 6) is -0.525. The van der Waals surface area contributed by atoms with Crippen LogP contribution in [0.5, 0.6) is 0 Å². The first-order valence-electron chi connectivity index (χ1n) is 7.87. The molecule has 0 atom stereocenters. The van der Waals surface area contributed by atoms with Crippen molar-refractivity contribution in [1.82, 2.24) is 0 Å². The van der Waals surface area contributed by atoms with Crippen LogP contribution in [0.25, 0.3) is 0 Å². The van der Waals surface area contributed by atoms with Gasteiger partial charge in [-0.05, 0) is 61.6 Å². The molecular formula is C16H21FN2O2S. The predicted octanol–water partition coefficient (Wildman–Crippen LogP) is 3.21. The second-order valence-corrected chi connectivity index (χ2v) is 9.13. The molecule has 2 saturated carbocycles. The summed E-state index contributed by atoms with van der Waals surface area (Å²) >= 11 is 0. The second-order valence-electron chi connectivity index (χ2n) is 7.39. The number of hydrogen-bond acceptors (Lipinski definition) is 3. The minimum absolute atomic E-state index is 0.0464. The molecule has 1 aromatic carbocycles. The van der Waals surface area contributed by atoms with Crippen LogP contribution in [-0.4, -0.2) is 21.2 Å². The van der Waals surface area contributed by atoms with Gasteiger partial charge < -0.3 is 5.32 Å². The van der Waals surface area contributed by atoms with E-state index in [0.29, 0.717) is 5.41 Å². The Hall–Kier alpha value is -1.30. The molecule has 4 nitrogen and oxygen atoms in total. The first kappa shape index (κ1) is 14.3. The van der Waals surface area contributed by atoms with E-state index in [1.165, 1.54) is 31.7 Å². The summed E-state index contributed by atoms with van der Waals surface area (Å²) in [5, 5.41) is 3.32. The summed E-state index contributed by atoms with van der Waals surface area (Å²) in [7, 11) is -3.48. The Kier molecular flexibility index (Phi) is 2.84. The molecule has 2 aliphatic carbocycles. The van der Waals surface area contributed by atoms with E-state index in [2.05, 4.69) is 10.0 Å². The molecule has 0 amide bonds. The molecule has 1 aromatic rings. The molecular weight excluding hydrogens is 303 g/mol. The van der Waals surface area contributed by atoms with Gasteiger partial charge in [0, 0.05) is 17.6 Å². The molecule has 0 bridgehead atoms. The average Bonchev–Trinajstić information content (AvgIpc) is 3.12. The Morgan fingerprint density at radius 3 is 2.36 bits per heavy atom. The number of fused-ring (bicyclic) bond motifs is 2. The van der Waals surface area contributed by atoms with Gasteiger partial charge in [-0.2, -0.15) is 0 Å². The van der Waals surface area contributed by atoms with Crippen molar-refractivity contribution in [2.45, 2.75) is 43.9 Å². The molecule has 22 heavy (non-hydrogen) atoms. The monoisotopic (exact) mass is 324 g/mol. The number of anilines is 2. The third-order valence-corrected chi connectivity index (χ3v) is 6.41. The highest BCUT2D eigenvalue weighted by atomic mass is 32.2. The molecule has 0 saturated heterocycles. The number of nitrogens with one attached hydrogen (secondary N) is 2. The molecule has 2 fully saturated rings. The quantitative estimate of drug-likeness (QED) is 0.878.